The smallest absolute Gasteiger partial charge is 0.326 e. The number of carbonyl (C=O) groups excluding carboxylic acids is 2. The highest BCUT2D eigenvalue weighted by atomic mass is 32.1. The number of esters is 2. The van der Waals surface area contributed by atoms with Crippen LogP contribution in [-0.4, -0.2) is 24.6 Å². The fourth-order valence-corrected chi connectivity index (χ4v) is 2.06. The van der Waals surface area contributed by atoms with E-state index in [0.29, 0.717) is 4.88 Å². The second-order valence-electron chi connectivity index (χ2n) is 4.51. The van der Waals surface area contributed by atoms with Crippen LogP contribution < -0.4 is 0 Å². The van der Waals surface area contributed by atoms with Crippen molar-refractivity contribution in [3.63, 3.8) is 0 Å². The summed E-state index contributed by atoms with van der Waals surface area (Å²) in [5.74, 6) is -2.16. The van der Waals surface area contributed by atoms with Gasteiger partial charge in [0.25, 0.3) is 0 Å². The third-order valence-electron chi connectivity index (χ3n) is 1.91. The highest BCUT2D eigenvalue weighted by Gasteiger charge is 2.34. The molecule has 1 aromatic rings. The van der Waals surface area contributed by atoms with Gasteiger partial charge in [0.05, 0.1) is 7.11 Å². The molecule has 4 nitrogen and oxygen atoms in total. The molecule has 0 aliphatic carbocycles. The summed E-state index contributed by atoms with van der Waals surface area (Å²) in [6, 6.07) is 3.50. The van der Waals surface area contributed by atoms with Crippen molar-refractivity contribution in [1.82, 2.24) is 0 Å². The summed E-state index contributed by atoms with van der Waals surface area (Å²) in [5.41, 5.74) is -0.624. The zero-order chi connectivity index (χ0) is 13.1. The number of carbonyl (C=O) groups is 2. The molecule has 1 heterocycles. The molecule has 0 radical (unpaired) electrons. The predicted octanol–water partition coefficient (Wildman–Crippen LogP) is 2.35. The Kier molecular flexibility index (Phi) is 4.28. The largest absolute Gasteiger partial charge is 0.468 e. The van der Waals surface area contributed by atoms with Crippen molar-refractivity contribution >= 4 is 23.3 Å². The van der Waals surface area contributed by atoms with Crippen molar-refractivity contribution in [2.24, 2.45) is 0 Å². The molecular weight excluding hydrogens is 240 g/mol. The zero-order valence-corrected chi connectivity index (χ0v) is 11.2. The molecule has 0 N–H and O–H groups in total. The summed E-state index contributed by atoms with van der Waals surface area (Å²) in [6.45, 7) is 5.27. The van der Waals surface area contributed by atoms with Gasteiger partial charge in [-0.1, -0.05) is 6.07 Å². The lowest BCUT2D eigenvalue weighted by molar-refractivity contribution is -0.163. The third-order valence-corrected chi connectivity index (χ3v) is 2.84. The number of ether oxygens (including phenoxy) is 2. The van der Waals surface area contributed by atoms with Crippen molar-refractivity contribution in [3.05, 3.63) is 22.4 Å². The lowest BCUT2D eigenvalue weighted by Gasteiger charge is -2.22. The van der Waals surface area contributed by atoms with E-state index in [1.165, 1.54) is 18.4 Å². The molecule has 0 fully saturated rings. The molecular formula is C12H16O4S. The Balaban J connectivity index is 2.92. The minimum absolute atomic E-state index is 0.577. The zero-order valence-electron chi connectivity index (χ0n) is 10.4. The van der Waals surface area contributed by atoms with Crippen LogP contribution in [0.4, 0.5) is 0 Å². The molecule has 0 saturated carbocycles. The van der Waals surface area contributed by atoms with Crippen molar-refractivity contribution < 1.29 is 19.1 Å². The Labute approximate surface area is 105 Å². The lowest BCUT2D eigenvalue weighted by Crippen LogP contribution is -2.31. The third kappa shape index (κ3) is 3.85. The number of thiophene rings is 1. The van der Waals surface area contributed by atoms with Crippen molar-refractivity contribution in [1.29, 1.82) is 0 Å². The van der Waals surface area contributed by atoms with Crippen LogP contribution in [0, 0.1) is 0 Å². The van der Waals surface area contributed by atoms with Gasteiger partial charge in [-0.2, -0.15) is 0 Å². The molecule has 1 unspecified atom stereocenters. The van der Waals surface area contributed by atoms with Crippen molar-refractivity contribution in [2.75, 3.05) is 7.11 Å². The minimum Gasteiger partial charge on any atom is -0.468 e. The summed E-state index contributed by atoms with van der Waals surface area (Å²) in [7, 11) is 1.26. The standard InChI is InChI=1S/C12H16O4S/c1-12(2,3)16-11(14)9(10(13)15-4)8-6-5-7-17-8/h5-7,9H,1-4H3. The van der Waals surface area contributed by atoms with E-state index in [1.54, 1.807) is 38.3 Å². The lowest BCUT2D eigenvalue weighted by atomic mass is 10.1. The molecule has 0 amide bonds. The molecule has 1 atom stereocenters. The fourth-order valence-electron chi connectivity index (χ4n) is 1.26. The monoisotopic (exact) mass is 256 g/mol. The minimum atomic E-state index is -0.987. The number of rotatable bonds is 3. The summed E-state index contributed by atoms with van der Waals surface area (Å²) in [5, 5.41) is 1.80. The molecule has 0 spiro atoms. The maximum Gasteiger partial charge on any atom is 0.326 e. The van der Waals surface area contributed by atoms with Crippen LogP contribution in [0.2, 0.25) is 0 Å². The summed E-state index contributed by atoms with van der Waals surface area (Å²) >= 11 is 1.33. The van der Waals surface area contributed by atoms with E-state index in [1.807, 2.05) is 0 Å². The van der Waals surface area contributed by atoms with E-state index in [4.69, 9.17) is 4.74 Å². The molecule has 94 valence electrons. The molecule has 0 aliphatic rings. The molecule has 0 saturated heterocycles. The topological polar surface area (TPSA) is 52.6 Å². The van der Waals surface area contributed by atoms with Crippen LogP contribution in [0.15, 0.2) is 17.5 Å². The van der Waals surface area contributed by atoms with Crippen LogP contribution in [0.3, 0.4) is 0 Å². The van der Waals surface area contributed by atoms with Gasteiger partial charge >= 0.3 is 11.9 Å². The van der Waals surface area contributed by atoms with Gasteiger partial charge in [0, 0.05) is 4.88 Å². The first-order valence-electron chi connectivity index (χ1n) is 5.19. The van der Waals surface area contributed by atoms with Gasteiger partial charge in [-0.3, -0.25) is 9.59 Å². The van der Waals surface area contributed by atoms with Gasteiger partial charge in [0.15, 0.2) is 5.92 Å². The number of methoxy groups -OCH3 is 1. The average molecular weight is 256 g/mol. The number of hydrogen-bond acceptors (Lipinski definition) is 5. The Hall–Kier alpha value is -1.36. The summed E-state index contributed by atoms with van der Waals surface area (Å²) < 4.78 is 9.85. The van der Waals surface area contributed by atoms with Gasteiger partial charge in [-0.05, 0) is 32.2 Å². The first-order valence-corrected chi connectivity index (χ1v) is 6.07. The van der Waals surface area contributed by atoms with E-state index < -0.39 is 23.5 Å². The molecule has 5 heteroatoms. The summed E-state index contributed by atoms with van der Waals surface area (Å²) in [6.07, 6.45) is 0. The normalized spacial score (nSPS) is 12.9. The average Bonchev–Trinajstić information content (AvgIpc) is 2.68. The van der Waals surface area contributed by atoms with Gasteiger partial charge in [-0.25, -0.2) is 0 Å². The van der Waals surface area contributed by atoms with E-state index in [-0.39, 0.29) is 0 Å². The molecule has 1 rings (SSSR count). The van der Waals surface area contributed by atoms with E-state index in [0.717, 1.165) is 0 Å². The molecule has 17 heavy (non-hydrogen) atoms. The maximum atomic E-state index is 11.9. The van der Waals surface area contributed by atoms with Crippen molar-refractivity contribution in [2.45, 2.75) is 32.3 Å². The Bertz CT molecular complexity index is 389. The first-order chi connectivity index (χ1) is 7.85. The van der Waals surface area contributed by atoms with Crippen LogP contribution in [0.5, 0.6) is 0 Å². The van der Waals surface area contributed by atoms with Gasteiger partial charge < -0.3 is 9.47 Å². The van der Waals surface area contributed by atoms with Gasteiger partial charge in [0.2, 0.25) is 0 Å². The molecule has 1 aromatic heterocycles. The van der Waals surface area contributed by atoms with Crippen LogP contribution in [0.25, 0.3) is 0 Å². The maximum absolute atomic E-state index is 11.9. The van der Waals surface area contributed by atoms with Crippen molar-refractivity contribution in [3.8, 4) is 0 Å². The highest BCUT2D eigenvalue weighted by molar-refractivity contribution is 7.10. The van der Waals surface area contributed by atoms with E-state index in [9.17, 15) is 9.59 Å². The fraction of sp³-hybridized carbons (Fsp3) is 0.500. The Morgan fingerprint density at radius 2 is 1.94 bits per heavy atom. The first kappa shape index (κ1) is 13.7. The van der Waals surface area contributed by atoms with E-state index >= 15 is 0 Å². The Morgan fingerprint density at radius 3 is 2.35 bits per heavy atom. The van der Waals surface area contributed by atoms with Gasteiger partial charge in [0.1, 0.15) is 5.60 Å². The summed E-state index contributed by atoms with van der Waals surface area (Å²) in [4.78, 5) is 24.2. The number of hydrogen-bond donors (Lipinski definition) is 0. The molecule has 0 aliphatic heterocycles. The molecule has 0 aromatic carbocycles. The SMILES string of the molecule is COC(=O)C(C(=O)OC(C)(C)C)c1cccs1. The van der Waals surface area contributed by atoms with E-state index in [2.05, 4.69) is 4.74 Å². The molecule has 0 bridgehead atoms. The second kappa shape index (κ2) is 5.31. The van der Waals surface area contributed by atoms with Crippen LogP contribution in [0.1, 0.15) is 31.6 Å². The second-order valence-corrected chi connectivity index (χ2v) is 5.48. The Morgan fingerprint density at radius 1 is 1.29 bits per heavy atom. The highest BCUT2D eigenvalue weighted by Crippen LogP contribution is 2.25. The van der Waals surface area contributed by atoms with Crippen LogP contribution in [-0.2, 0) is 19.1 Å². The quantitative estimate of drug-likeness (QED) is 0.615. The van der Waals surface area contributed by atoms with Crippen LogP contribution >= 0.6 is 11.3 Å². The predicted molar refractivity (Wildman–Crippen MR) is 64.9 cm³/mol. The van der Waals surface area contributed by atoms with Gasteiger partial charge in [-0.15, -0.1) is 11.3 Å².